The maximum Gasteiger partial charge on any atom is 0.287 e. The van der Waals surface area contributed by atoms with Crippen molar-refractivity contribution in [2.75, 3.05) is 13.2 Å². The first-order valence-corrected chi connectivity index (χ1v) is 5.26. The van der Waals surface area contributed by atoms with Gasteiger partial charge in [0.05, 0.1) is 26.0 Å². The molecule has 1 aromatic heterocycles. The number of nitrogens with two attached hydrogens (primary N) is 1. The molecule has 0 saturated heterocycles. The summed E-state index contributed by atoms with van der Waals surface area (Å²) in [6, 6.07) is 0. The molecule has 3 N–H and O–H groups in total. The van der Waals surface area contributed by atoms with E-state index in [0.29, 0.717) is 19.8 Å². The zero-order chi connectivity index (χ0) is 12.7. The van der Waals surface area contributed by atoms with Crippen LogP contribution in [0, 0.1) is 0 Å². The lowest BCUT2D eigenvalue weighted by Gasteiger charge is -2.03. The third kappa shape index (κ3) is 4.75. The molecule has 1 amide bonds. The summed E-state index contributed by atoms with van der Waals surface area (Å²) in [7, 11) is 0. The number of carbonyl (C=O) groups is 1. The van der Waals surface area contributed by atoms with Crippen LogP contribution in [0.2, 0.25) is 0 Å². The molecule has 1 heterocycles. The number of rotatable bonds is 7. The first kappa shape index (κ1) is 13.3. The first-order chi connectivity index (χ1) is 8.13. The van der Waals surface area contributed by atoms with Gasteiger partial charge in [0.25, 0.3) is 5.91 Å². The molecule has 17 heavy (non-hydrogen) atoms. The average molecular weight is 239 g/mol. The van der Waals surface area contributed by atoms with Crippen LogP contribution in [0.25, 0.3) is 0 Å². The number of nitrogens with zero attached hydrogens (tertiary/aromatic N) is 3. The van der Waals surface area contributed by atoms with E-state index in [-0.39, 0.29) is 5.69 Å². The Morgan fingerprint density at radius 2 is 2.41 bits per heavy atom. The molecule has 94 valence electrons. The molecule has 0 aliphatic carbocycles. The maximum atomic E-state index is 11.1. The van der Waals surface area contributed by atoms with Crippen molar-refractivity contribution < 1.29 is 9.53 Å². The van der Waals surface area contributed by atoms with E-state index < -0.39 is 5.91 Å². The number of nitrogen functional groups attached to an aromatic ring is 1. The van der Waals surface area contributed by atoms with Gasteiger partial charge in [0, 0.05) is 0 Å². The second-order valence-electron chi connectivity index (χ2n) is 3.66. The van der Waals surface area contributed by atoms with Gasteiger partial charge in [0.2, 0.25) is 0 Å². The Morgan fingerprint density at radius 3 is 3.06 bits per heavy atom. The van der Waals surface area contributed by atoms with Crippen molar-refractivity contribution in [3.8, 4) is 0 Å². The average Bonchev–Trinajstić information content (AvgIpc) is 2.76. The summed E-state index contributed by atoms with van der Waals surface area (Å²) in [4.78, 5) is 11.1. The molecule has 0 bridgehead atoms. The summed E-state index contributed by atoms with van der Waals surface area (Å²) in [5, 5.41) is 7.44. The highest BCUT2D eigenvalue weighted by Gasteiger charge is 2.08. The van der Waals surface area contributed by atoms with Gasteiger partial charge in [-0.1, -0.05) is 10.8 Å². The monoisotopic (exact) mass is 239 g/mol. The summed E-state index contributed by atoms with van der Waals surface area (Å²) in [6.07, 6.45) is 2.36. The van der Waals surface area contributed by atoms with Crippen molar-refractivity contribution in [3.63, 3.8) is 0 Å². The molecule has 1 rings (SSSR count). The summed E-state index contributed by atoms with van der Waals surface area (Å²) in [5.41, 5.74) is 3.27. The van der Waals surface area contributed by atoms with E-state index >= 15 is 0 Å². The fourth-order valence-electron chi connectivity index (χ4n) is 1.09. The summed E-state index contributed by atoms with van der Waals surface area (Å²) >= 11 is 0. The van der Waals surface area contributed by atoms with Crippen LogP contribution in [0.5, 0.6) is 0 Å². The van der Waals surface area contributed by atoms with Gasteiger partial charge in [0.15, 0.2) is 5.69 Å². The summed E-state index contributed by atoms with van der Waals surface area (Å²) in [5.74, 6) is 4.51. The number of nitrogens with one attached hydrogen (secondary N) is 1. The third-order valence-electron chi connectivity index (χ3n) is 2.04. The molecule has 0 fully saturated rings. The van der Waals surface area contributed by atoms with Crippen LogP contribution < -0.4 is 11.3 Å². The SMILES string of the molecule is C=C(C)CCOCCn1cc(C(=O)NN)nn1. The molecule has 0 saturated carbocycles. The molecule has 7 heteroatoms. The largest absolute Gasteiger partial charge is 0.379 e. The van der Waals surface area contributed by atoms with E-state index in [1.807, 2.05) is 12.3 Å². The summed E-state index contributed by atoms with van der Waals surface area (Å²) < 4.78 is 6.90. The van der Waals surface area contributed by atoms with Crippen molar-refractivity contribution in [2.45, 2.75) is 19.9 Å². The topological polar surface area (TPSA) is 95.1 Å². The van der Waals surface area contributed by atoms with Crippen molar-refractivity contribution in [1.82, 2.24) is 20.4 Å². The number of hydrazine groups is 1. The van der Waals surface area contributed by atoms with Crippen LogP contribution in [0.4, 0.5) is 0 Å². The van der Waals surface area contributed by atoms with E-state index in [0.717, 1.165) is 12.0 Å². The standard InChI is InChI=1S/C10H17N5O2/c1-8(2)3-5-17-6-4-15-7-9(13-14-15)10(16)12-11/h7H,1,3-6,11H2,2H3,(H,12,16). The quantitative estimate of drug-likeness (QED) is 0.227. The number of amides is 1. The lowest BCUT2D eigenvalue weighted by molar-refractivity contribution is 0.0948. The number of aromatic nitrogens is 3. The van der Waals surface area contributed by atoms with Gasteiger partial charge in [-0.05, 0) is 13.3 Å². The molecule has 0 aromatic carbocycles. The highest BCUT2D eigenvalue weighted by Crippen LogP contribution is 1.96. The zero-order valence-electron chi connectivity index (χ0n) is 9.85. The van der Waals surface area contributed by atoms with Crippen LogP contribution in [0.15, 0.2) is 18.3 Å². The molecule has 1 aromatic rings. The predicted octanol–water partition coefficient (Wildman–Crippen LogP) is -0.136. The normalized spacial score (nSPS) is 10.2. The lowest BCUT2D eigenvalue weighted by atomic mass is 10.3. The molecular weight excluding hydrogens is 222 g/mol. The number of hydrogen-bond acceptors (Lipinski definition) is 5. The van der Waals surface area contributed by atoms with Crippen LogP contribution in [0.3, 0.4) is 0 Å². The van der Waals surface area contributed by atoms with Crippen molar-refractivity contribution in [2.24, 2.45) is 5.84 Å². The second-order valence-corrected chi connectivity index (χ2v) is 3.66. The van der Waals surface area contributed by atoms with E-state index in [4.69, 9.17) is 10.6 Å². The molecule has 0 aliphatic heterocycles. The minimum Gasteiger partial charge on any atom is -0.379 e. The molecule has 0 spiro atoms. The van der Waals surface area contributed by atoms with Gasteiger partial charge in [-0.25, -0.2) is 10.5 Å². The number of carbonyl (C=O) groups excluding carboxylic acids is 1. The molecule has 7 nitrogen and oxygen atoms in total. The second kappa shape index (κ2) is 6.77. The smallest absolute Gasteiger partial charge is 0.287 e. The Labute approximate surface area is 99.6 Å². The first-order valence-electron chi connectivity index (χ1n) is 5.26. The number of ether oxygens (including phenoxy) is 1. The van der Waals surface area contributed by atoms with E-state index in [1.165, 1.54) is 10.9 Å². The van der Waals surface area contributed by atoms with Crippen molar-refractivity contribution >= 4 is 5.91 Å². The molecule has 0 atom stereocenters. The lowest BCUT2D eigenvalue weighted by Crippen LogP contribution is -2.30. The Morgan fingerprint density at radius 1 is 1.65 bits per heavy atom. The molecule has 0 unspecified atom stereocenters. The molecule has 0 radical (unpaired) electrons. The highest BCUT2D eigenvalue weighted by molar-refractivity contribution is 5.91. The van der Waals surface area contributed by atoms with Crippen LogP contribution >= 0.6 is 0 Å². The highest BCUT2D eigenvalue weighted by atomic mass is 16.5. The van der Waals surface area contributed by atoms with Crippen molar-refractivity contribution in [3.05, 3.63) is 24.0 Å². The Hall–Kier alpha value is -1.73. The fourth-order valence-corrected chi connectivity index (χ4v) is 1.09. The minimum atomic E-state index is -0.459. The summed E-state index contributed by atoms with van der Waals surface area (Å²) in [6.45, 7) is 7.43. The molecular formula is C10H17N5O2. The van der Waals surface area contributed by atoms with E-state index in [2.05, 4.69) is 16.9 Å². The van der Waals surface area contributed by atoms with Gasteiger partial charge in [-0.15, -0.1) is 11.7 Å². The van der Waals surface area contributed by atoms with Gasteiger partial charge in [-0.3, -0.25) is 10.2 Å². The van der Waals surface area contributed by atoms with Gasteiger partial charge in [0.1, 0.15) is 0 Å². The van der Waals surface area contributed by atoms with Crippen LogP contribution in [0.1, 0.15) is 23.8 Å². The van der Waals surface area contributed by atoms with Crippen LogP contribution in [-0.4, -0.2) is 34.1 Å². The minimum absolute atomic E-state index is 0.189. The van der Waals surface area contributed by atoms with Crippen molar-refractivity contribution in [1.29, 1.82) is 0 Å². The van der Waals surface area contributed by atoms with Gasteiger partial charge < -0.3 is 4.74 Å². The fraction of sp³-hybridized carbons (Fsp3) is 0.500. The maximum absolute atomic E-state index is 11.1. The Bertz CT molecular complexity index is 388. The predicted molar refractivity (Wildman–Crippen MR) is 61.9 cm³/mol. The Balaban J connectivity index is 2.25. The zero-order valence-corrected chi connectivity index (χ0v) is 9.85. The number of hydrogen-bond donors (Lipinski definition) is 2. The van der Waals surface area contributed by atoms with Crippen LogP contribution in [-0.2, 0) is 11.3 Å². The van der Waals surface area contributed by atoms with Gasteiger partial charge in [-0.2, -0.15) is 0 Å². The molecule has 0 aliphatic rings. The third-order valence-corrected chi connectivity index (χ3v) is 2.04. The van der Waals surface area contributed by atoms with E-state index in [9.17, 15) is 4.79 Å². The van der Waals surface area contributed by atoms with E-state index in [1.54, 1.807) is 0 Å². The Kier molecular flexibility index (Phi) is 5.31. The van der Waals surface area contributed by atoms with Gasteiger partial charge >= 0.3 is 0 Å².